The van der Waals surface area contributed by atoms with E-state index in [4.69, 9.17) is 11.6 Å². The van der Waals surface area contributed by atoms with Crippen LogP contribution < -0.4 is 0 Å². The molecule has 0 spiro atoms. The van der Waals surface area contributed by atoms with Gasteiger partial charge in [-0.05, 0) is 12.1 Å². The predicted octanol–water partition coefficient (Wildman–Crippen LogP) is 2.15. The number of hydrogen-bond donors (Lipinski definition) is 0. The molecule has 1 atom stereocenters. The Kier molecular flexibility index (Phi) is 4.25. The van der Waals surface area contributed by atoms with Crippen LogP contribution in [-0.4, -0.2) is 42.3 Å². The number of rotatable bonds is 3. The number of fused-ring (bicyclic) bond motifs is 1. The summed E-state index contributed by atoms with van der Waals surface area (Å²) < 4.78 is 41.9. The molecular formula is C12H14ClN3O3S2. The molecule has 9 heteroatoms. The second-order valence-electron chi connectivity index (χ2n) is 4.58. The smallest absolute Gasteiger partial charge is 0.244 e. The monoisotopic (exact) mass is 347 g/mol. The first-order chi connectivity index (χ1) is 9.65. The number of sulfonamides is 1. The highest BCUT2D eigenvalue weighted by Crippen LogP contribution is 2.28. The van der Waals surface area contributed by atoms with Crippen LogP contribution >= 0.6 is 11.6 Å². The second kappa shape index (κ2) is 5.53. The molecule has 0 radical (unpaired) electrons. The lowest BCUT2D eigenvalue weighted by molar-refractivity contribution is 0.588. The van der Waals surface area contributed by atoms with Crippen LogP contribution in [-0.2, 0) is 19.9 Å². The van der Waals surface area contributed by atoms with E-state index in [2.05, 4.69) is 8.75 Å². The molecule has 0 saturated carbocycles. The van der Waals surface area contributed by atoms with E-state index in [1.54, 1.807) is 12.1 Å². The van der Waals surface area contributed by atoms with Crippen molar-refractivity contribution < 1.29 is 12.6 Å². The summed E-state index contributed by atoms with van der Waals surface area (Å²) in [4.78, 5) is 3.87. The number of aromatic nitrogens is 1. The lowest BCUT2D eigenvalue weighted by Gasteiger charge is -2.12. The van der Waals surface area contributed by atoms with Gasteiger partial charge in [-0.15, -0.1) is 0 Å². The summed E-state index contributed by atoms with van der Waals surface area (Å²) in [6, 6.07) is 6.16. The molecule has 1 aromatic carbocycles. The van der Waals surface area contributed by atoms with E-state index < -0.39 is 19.9 Å². The molecule has 0 saturated heterocycles. The Morgan fingerprint density at radius 3 is 2.43 bits per heavy atom. The van der Waals surface area contributed by atoms with Crippen LogP contribution in [0.2, 0.25) is 5.15 Å². The van der Waals surface area contributed by atoms with Crippen molar-refractivity contribution in [2.45, 2.75) is 4.90 Å². The van der Waals surface area contributed by atoms with Gasteiger partial charge in [-0.2, -0.15) is 8.42 Å². The summed E-state index contributed by atoms with van der Waals surface area (Å²) in [6.45, 7) is 0. The van der Waals surface area contributed by atoms with E-state index in [0.29, 0.717) is 10.8 Å². The van der Waals surface area contributed by atoms with Crippen molar-refractivity contribution in [1.29, 1.82) is 0 Å². The zero-order chi connectivity index (χ0) is 15.8. The average molecular weight is 348 g/mol. The van der Waals surface area contributed by atoms with Gasteiger partial charge in [-0.25, -0.2) is 13.5 Å². The highest BCUT2D eigenvalue weighted by molar-refractivity contribution is 8.01. The van der Waals surface area contributed by atoms with Gasteiger partial charge >= 0.3 is 0 Å². The van der Waals surface area contributed by atoms with Gasteiger partial charge in [0, 0.05) is 37.3 Å². The Labute approximate surface area is 129 Å². The summed E-state index contributed by atoms with van der Waals surface area (Å²) in [6.07, 6.45) is 2.68. The van der Waals surface area contributed by atoms with E-state index in [1.165, 1.54) is 43.0 Å². The summed E-state index contributed by atoms with van der Waals surface area (Å²) in [5.41, 5.74) is 0. The van der Waals surface area contributed by atoms with Crippen LogP contribution in [0.15, 0.2) is 39.1 Å². The lowest BCUT2D eigenvalue weighted by Crippen LogP contribution is -2.21. The van der Waals surface area contributed by atoms with Crippen molar-refractivity contribution in [3.05, 3.63) is 35.6 Å². The van der Waals surface area contributed by atoms with Gasteiger partial charge in [0.1, 0.15) is 15.1 Å². The third-order valence-corrected chi connectivity index (χ3v) is 7.37. The minimum absolute atomic E-state index is 0.0410. The molecule has 0 fully saturated rings. The first-order valence-electron chi connectivity index (χ1n) is 5.84. The Morgan fingerprint density at radius 2 is 1.81 bits per heavy atom. The number of pyridine rings is 1. The molecule has 0 amide bonds. The van der Waals surface area contributed by atoms with E-state index in [9.17, 15) is 12.6 Å². The maximum atomic E-state index is 12.4. The zero-order valence-corrected chi connectivity index (χ0v) is 14.0. The van der Waals surface area contributed by atoms with Gasteiger partial charge in [-0.1, -0.05) is 27.5 Å². The largest absolute Gasteiger partial charge is 0.291 e. The number of halogens is 1. The molecule has 1 heterocycles. The Morgan fingerprint density at radius 1 is 1.14 bits per heavy atom. The Balaban J connectivity index is 2.79. The normalized spacial score (nSPS) is 15.1. The minimum Gasteiger partial charge on any atom is -0.244 e. The fraction of sp³-hybridized carbons (Fsp3) is 0.250. The lowest BCUT2D eigenvalue weighted by atomic mass is 10.2. The molecule has 0 aliphatic heterocycles. The summed E-state index contributed by atoms with van der Waals surface area (Å²) in [5, 5.41) is 1.10. The zero-order valence-electron chi connectivity index (χ0n) is 11.6. The van der Waals surface area contributed by atoms with Gasteiger partial charge in [0.2, 0.25) is 0 Å². The number of benzene rings is 1. The molecule has 1 aromatic heterocycles. The van der Waals surface area contributed by atoms with E-state index in [-0.39, 0.29) is 10.0 Å². The third-order valence-electron chi connectivity index (χ3n) is 2.91. The molecule has 0 aliphatic carbocycles. The Hall–Kier alpha value is -1.22. The average Bonchev–Trinajstić information content (AvgIpc) is 2.37. The molecule has 2 aromatic rings. The number of hydrogen-bond acceptors (Lipinski definition) is 4. The van der Waals surface area contributed by atoms with Crippen molar-refractivity contribution in [3.8, 4) is 0 Å². The van der Waals surface area contributed by atoms with Crippen molar-refractivity contribution >= 4 is 42.3 Å². The van der Waals surface area contributed by atoms with Gasteiger partial charge < -0.3 is 0 Å². The van der Waals surface area contributed by atoms with Crippen molar-refractivity contribution in [2.75, 3.05) is 20.4 Å². The molecule has 0 N–H and O–H groups in total. The van der Waals surface area contributed by atoms with Gasteiger partial charge in [0.15, 0.2) is 0 Å². The molecule has 1 unspecified atom stereocenters. The van der Waals surface area contributed by atoms with Crippen LogP contribution in [0.1, 0.15) is 0 Å². The molecule has 6 nitrogen and oxygen atoms in total. The molecule has 2 rings (SSSR count). The first kappa shape index (κ1) is 16.2. The second-order valence-corrected chi connectivity index (χ2v) is 9.18. The van der Waals surface area contributed by atoms with E-state index in [1.807, 2.05) is 0 Å². The summed E-state index contributed by atoms with van der Waals surface area (Å²) in [7, 11) is -4.09. The summed E-state index contributed by atoms with van der Waals surface area (Å²) in [5.74, 6) is 0. The SMILES string of the molecule is CN(C)S(C)(=O)=NS(=O)(=O)c1cccc2c(Cl)nccc12. The Bertz CT molecular complexity index is 916. The van der Waals surface area contributed by atoms with Crippen LogP contribution in [0, 0.1) is 0 Å². The van der Waals surface area contributed by atoms with Crippen molar-refractivity contribution in [1.82, 2.24) is 9.29 Å². The highest BCUT2D eigenvalue weighted by Gasteiger charge is 2.20. The highest BCUT2D eigenvalue weighted by atomic mass is 35.5. The first-order valence-corrected chi connectivity index (χ1v) is 9.54. The molecule has 21 heavy (non-hydrogen) atoms. The van der Waals surface area contributed by atoms with Crippen LogP contribution in [0.5, 0.6) is 0 Å². The van der Waals surface area contributed by atoms with Gasteiger partial charge in [0.25, 0.3) is 10.0 Å². The molecule has 0 aliphatic rings. The molecule has 114 valence electrons. The standard InChI is InChI=1S/C12H14ClN3O3S2/c1-16(2)20(3,17)15-21(18,19)11-6-4-5-10-9(11)7-8-14-12(10)13/h4-8H,1-3H3. The maximum Gasteiger partial charge on any atom is 0.291 e. The third kappa shape index (κ3) is 3.18. The minimum atomic E-state index is -4.08. The van der Waals surface area contributed by atoms with Gasteiger partial charge in [-0.3, -0.25) is 0 Å². The van der Waals surface area contributed by atoms with E-state index in [0.717, 1.165) is 0 Å². The fourth-order valence-corrected chi connectivity index (χ4v) is 4.90. The summed E-state index contributed by atoms with van der Waals surface area (Å²) >= 11 is 5.96. The van der Waals surface area contributed by atoms with Crippen LogP contribution in [0.3, 0.4) is 0 Å². The topological polar surface area (TPSA) is 79.7 Å². The quantitative estimate of drug-likeness (QED) is 0.797. The van der Waals surface area contributed by atoms with Gasteiger partial charge in [0.05, 0.1) is 4.90 Å². The van der Waals surface area contributed by atoms with Crippen LogP contribution in [0.25, 0.3) is 10.8 Å². The van der Waals surface area contributed by atoms with E-state index >= 15 is 0 Å². The van der Waals surface area contributed by atoms with Crippen LogP contribution in [0.4, 0.5) is 0 Å². The van der Waals surface area contributed by atoms with Crippen molar-refractivity contribution in [2.24, 2.45) is 3.77 Å². The van der Waals surface area contributed by atoms with Crippen molar-refractivity contribution in [3.63, 3.8) is 0 Å². The molecular weight excluding hydrogens is 334 g/mol. The fourth-order valence-electron chi connectivity index (χ4n) is 1.66. The predicted molar refractivity (Wildman–Crippen MR) is 84.1 cm³/mol. The number of nitrogens with zero attached hydrogens (tertiary/aromatic N) is 3. The maximum absolute atomic E-state index is 12.4. The molecule has 0 bridgehead atoms.